The van der Waals surface area contributed by atoms with E-state index >= 15 is 0 Å². The van der Waals surface area contributed by atoms with Crippen LogP contribution in [0.4, 0.5) is 11.4 Å². The number of nitrogens with one attached hydrogen (secondary N) is 1. The van der Waals surface area contributed by atoms with Gasteiger partial charge in [0.05, 0.1) is 12.0 Å². The van der Waals surface area contributed by atoms with Gasteiger partial charge in [-0.15, -0.1) is 0 Å². The predicted octanol–water partition coefficient (Wildman–Crippen LogP) is 1.82. The number of hydrogen-bond donors (Lipinski definition) is 1. The van der Waals surface area contributed by atoms with Gasteiger partial charge in [-0.2, -0.15) is 0 Å². The molecule has 0 atom stereocenters. The largest absolute Gasteiger partial charge is 0.482 e. The summed E-state index contributed by atoms with van der Waals surface area (Å²) in [4.78, 5) is 27.9. The molecule has 2 aromatic rings. The first-order valence-electron chi connectivity index (χ1n) is 7.61. The molecule has 1 aliphatic heterocycles. The summed E-state index contributed by atoms with van der Waals surface area (Å²) < 4.78 is 10.5. The minimum absolute atomic E-state index is 0.0263. The van der Waals surface area contributed by atoms with Gasteiger partial charge in [-0.3, -0.25) is 9.59 Å². The molecule has 0 bridgehead atoms. The molecule has 1 aliphatic rings. The lowest BCUT2D eigenvalue weighted by Crippen LogP contribution is -2.42. The third kappa shape index (κ3) is 3.41. The predicted molar refractivity (Wildman–Crippen MR) is 89.5 cm³/mol. The molecule has 1 aromatic heterocycles. The van der Waals surface area contributed by atoms with Gasteiger partial charge in [0.25, 0.3) is 11.8 Å². The standard InChI is InChI=1S/C17H19N3O4/c1-19(2)7-8-20-13-10-12(5-6-14(13)24-11-16(20)21)18-17(22)15-4-3-9-23-15/h3-6,9-10H,7-8,11H2,1-2H3,(H,18,22). The number of carbonyl (C=O) groups excluding carboxylic acids is 2. The highest BCUT2D eigenvalue weighted by Gasteiger charge is 2.26. The van der Waals surface area contributed by atoms with Crippen LogP contribution in [0.2, 0.25) is 0 Å². The van der Waals surface area contributed by atoms with Crippen molar-refractivity contribution in [2.45, 2.75) is 0 Å². The van der Waals surface area contributed by atoms with Crippen molar-refractivity contribution in [2.24, 2.45) is 0 Å². The fraction of sp³-hybridized carbons (Fsp3) is 0.294. The maximum Gasteiger partial charge on any atom is 0.291 e. The van der Waals surface area contributed by atoms with Crippen LogP contribution in [-0.4, -0.2) is 50.5 Å². The lowest BCUT2D eigenvalue weighted by molar-refractivity contribution is -0.121. The van der Waals surface area contributed by atoms with Crippen molar-refractivity contribution in [2.75, 3.05) is 44.0 Å². The first-order chi connectivity index (χ1) is 11.5. The smallest absolute Gasteiger partial charge is 0.291 e. The monoisotopic (exact) mass is 329 g/mol. The van der Waals surface area contributed by atoms with Crippen LogP contribution in [-0.2, 0) is 4.79 Å². The Morgan fingerprint density at radius 2 is 2.17 bits per heavy atom. The van der Waals surface area contributed by atoms with Crippen molar-refractivity contribution in [3.05, 3.63) is 42.4 Å². The number of furan rings is 1. The second kappa shape index (κ2) is 6.76. The van der Waals surface area contributed by atoms with E-state index in [-0.39, 0.29) is 24.2 Å². The average molecular weight is 329 g/mol. The summed E-state index contributed by atoms with van der Waals surface area (Å²) in [5.74, 6) is 0.413. The van der Waals surface area contributed by atoms with Crippen molar-refractivity contribution in [3.63, 3.8) is 0 Å². The molecule has 0 unspecified atom stereocenters. The van der Waals surface area contributed by atoms with Crippen molar-refractivity contribution < 1.29 is 18.7 Å². The summed E-state index contributed by atoms with van der Waals surface area (Å²) in [6.45, 7) is 1.31. The molecule has 1 N–H and O–H groups in total. The number of fused-ring (bicyclic) bond motifs is 1. The van der Waals surface area contributed by atoms with E-state index < -0.39 is 0 Å². The Labute approximate surface area is 139 Å². The van der Waals surface area contributed by atoms with Crippen molar-refractivity contribution in [3.8, 4) is 5.75 Å². The zero-order valence-corrected chi connectivity index (χ0v) is 13.6. The molecule has 0 fully saturated rings. The van der Waals surface area contributed by atoms with Crippen molar-refractivity contribution in [1.29, 1.82) is 0 Å². The van der Waals surface area contributed by atoms with Gasteiger partial charge >= 0.3 is 0 Å². The topological polar surface area (TPSA) is 75.0 Å². The van der Waals surface area contributed by atoms with Crippen LogP contribution in [0.25, 0.3) is 0 Å². The van der Waals surface area contributed by atoms with Crippen LogP contribution in [0.15, 0.2) is 41.0 Å². The summed E-state index contributed by atoms with van der Waals surface area (Å²) in [7, 11) is 3.90. The van der Waals surface area contributed by atoms with E-state index in [1.807, 2.05) is 19.0 Å². The number of ether oxygens (including phenoxy) is 1. The Morgan fingerprint density at radius 1 is 1.33 bits per heavy atom. The van der Waals surface area contributed by atoms with Gasteiger partial charge in [-0.1, -0.05) is 0 Å². The number of rotatable bonds is 5. The number of benzene rings is 1. The average Bonchev–Trinajstić information content (AvgIpc) is 3.08. The van der Waals surface area contributed by atoms with E-state index in [0.29, 0.717) is 23.7 Å². The second-order valence-corrected chi connectivity index (χ2v) is 5.75. The Hall–Kier alpha value is -2.80. The van der Waals surface area contributed by atoms with E-state index in [2.05, 4.69) is 5.32 Å². The van der Waals surface area contributed by atoms with Crippen LogP contribution in [0.3, 0.4) is 0 Å². The fourth-order valence-electron chi connectivity index (χ4n) is 2.43. The van der Waals surface area contributed by atoms with Crippen LogP contribution < -0.4 is 15.0 Å². The zero-order chi connectivity index (χ0) is 17.1. The molecule has 0 aliphatic carbocycles. The fourth-order valence-corrected chi connectivity index (χ4v) is 2.43. The summed E-state index contributed by atoms with van der Waals surface area (Å²) in [6, 6.07) is 8.46. The maximum atomic E-state index is 12.2. The molecule has 24 heavy (non-hydrogen) atoms. The molecular weight excluding hydrogens is 310 g/mol. The molecule has 2 amide bonds. The van der Waals surface area contributed by atoms with Crippen LogP contribution in [0, 0.1) is 0 Å². The number of likely N-dealkylation sites (N-methyl/N-ethyl adjacent to an activating group) is 1. The molecule has 0 radical (unpaired) electrons. The zero-order valence-electron chi connectivity index (χ0n) is 13.6. The Kier molecular flexibility index (Phi) is 4.52. The molecule has 0 saturated heterocycles. The third-order valence-corrected chi connectivity index (χ3v) is 3.68. The van der Waals surface area contributed by atoms with E-state index in [9.17, 15) is 9.59 Å². The number of carbonyl (C=O) groups is 2. The highest BCUT2D eigenvalue weighted by atomic mass is 16.5. The van der Waals surface area contributed by atoms with Crippen LogP contribution in [0.1, 0.15) is 10.6 Å². The molecule has 3 rings (SSSR count). The number of amides is 2. The van der Waals surface area contributed by atoms with Crippen molar-refractivity contribution in [1.82, 2.24) is 4.90 Å². The summed E-state index contributed by atoms with van der Waals surface area (Å²) in [6.07, 6.45) is 1.44. The number of anilines is 2. The van der Waals surface area contributed by atoms with Gasteiger partial charge < -0.3 is 24.3 Å². The molecule has 7 heteroatoms. The molecule has 126 valence electrons. The lowest BCUT2D eigenvalue weighted by atomic mass is 10.2. The highest BCUT2D eigenvalue weighted by molar-refractivity contribution is 6.03. The SMILES string of the molecule is CN(C)CCN1C(=O)COc2ccc(NC(=O)c3ccco3)cc21. The number of hydrogen-bond acceptors (Lipinski definition) is 5. The third-order valence-electron chi connectivity index (χ3n) is 3.68. The summed E-state index contributed by atoms with van der Waals surface area (Å²) in [5, 5.41) is 2.76. The van der Waals surface area contributed by atoms with E-state index in [1.165, 1.54) is 6.26 Å². The molecule has 1 aromatic carbocycles. The van der Waals surface area contributed by atoms with E-state index in [1.54, 1.807) is 35.2 Å². The molecule has 0 saturated carbocycles. The van der Waals surface area contributed by atoms with Crippen molar-refractivity contribution >= 4 is 23.2 Å². The lowest BCUT2D eigenvalue weighted by Gasteiger charge is -2.30. The first-order valence-corrected chi connectivity index (χ1v) is 7.61. The molecule has 0 spiro atoms. The Balaban J connectivity index is 1.82. The van der Waals surface area contributed by atoms with E-state index in [0.717, 1.165) is 6.54 Å². The van der Waals surface area contributed by atoms with Gasteiger partial charge in [-0.25, -0.2) is 0 Å². The molecular formula is C17H19N3O4. The van der Waals surface area contributed by atoms with Gasteiger partial charge in [0.15, 0.2) is 12.4 Å². The van der Waals surface area contributed by atoms with Gasteiger partial charge in [0.1, 0.15) is 5.75 Å². The minimum atomic E-state index is -0.345. The maximum absolute atomic E-state index is 12.2. The van der Waals surface area contributed by atoms with Gasteiger partial charge in [0, 0.05) is 18.8 Å². The molecule has 7 nitrogen and oxygen atoms in total. The van der Waals surface area contributed by atoms with Gasteiger partial charge in [0.2, 0.25) is 0 Å². The minimum Gasteiger partial charge on any atom is -0.482 e. The molecule has 2 heterocycles. The van der Waals surface area contributed by atoms with Gasteiger partial charge in [-0.05, 0) is 44.4 Å². The first kappa shape index (κ1) is 16.1. The van der Waals surface area contributed by atoms with Crippen LogP contribution >= 0.6 is 0 Å². The normalized spacial score (nSPS) is 13.6. The summed E-state index contributed by atoms with van der Waals surface area (Å²) in [5.41, 5.74) is 1.23. The van der Waals surface area contributed by atoms with E-state index in [4.69, 9.17) is 9.15 Å². The van der Waals surface area contributed by atoms with Crippen LogP contribution in [0.5, 0.6) is 5.75 Å². The number of nitrogens with zero attached hydrogens (tertiary/aromatic N) is 2. The highest BCUT2D eigenvalue weighted by Crippen LogP contribution is 2.34. The second-order valence-electron chi connectivity index (χ2n) is 5.75. The quantitative estimate of drug-likeness (QED) is 0.905. The Bertz CT molecular complexity index is 740. The summed E-state index contributed by atoms with van der Waals surface area (Å²) >= 11 is 0. The Morgan fingerprint density at radius 3 is 2.88 bits per heavy atom.